The van der Waals surface area contributed by atoms with Crippen molar-refractivity contribution in [2.24, 2.45) is 0 Å². The third-order valence-corrected chi connectivity index (χ3v) is 3.14. The molecule has 21 heavy (non-hydrogen) atoms. The molecule has 0 aliphatic heterocycles. The van der Waals surface area contributed by atoms with Crippen LogP contribution < -0.4 is 5.32 Å². The van der Waals surface area contributed by atoms with Gasteiger partial charge < -0.3 is 15.1 Å². The molecule has 0 aliphatic carbocycles. The summed E-state index contributed by atoms with van der Waals surface area (Å²) in [7, 11) is 3.89. The van der Waals surface area contributed by atoms with E-state index < -0.39 is 0 Å². The summed E-state index contributed by atoms with van der Waals surface area (Å²) >= 11 is 0. The predicted octanol–water partition coefficient (Wildman–Crippen LogP) is 0.855. The van der Waals surface area contributed by atoms with Gasteiger partial charge in [0.15, 0.2) is 0 Å². The number of nitrogens with zero attached hydrogens (tertiary/aromatic N) is 3. The quantitative estimate of drug-likeness (QED) is 0.809. The van der Waals surface area contributed by atoms with Gasteiger partial charge >= 0.3 is 0 Å². The average Bonchev–Trinajstić information content (AvgIpc) is 2.48. The number of carbonyl (C=O) groups excluding carboxylic acids is 2. The largest absolute Gasteiger partial charge is 0.351 e. The molecule has 0 radical (unpaired) electrons. The Morgan fingerprint density at radius 3 is 2.48 bits per heavy atom. The number of rotatable bonds is 7. The number of aromatic nitrogens is 1. The average molecular weight is 292 g/mol. The van der Waals surface area contributed by atoms with Crippen molar-refractivity contribution in [1.82, 2.24) is 20.1 Å². The number of nitrogens with one attached hydrogen (secondary N) is 1. The van der Waals surface area contributed by atoms with E-state index in [2.05, 4.69) is 10.3 Å². The van der Waals surface area contributed by atoms with E-state index in [-0.39, 0.29) is 11.8 Å². The van der Waals surface area contributed by atoms with Gasteiger partial charge in [0, 0.05) is 37.9 Å². The van der Waals surface area contributed by atoms with E-state index in [1.165, 1.54) is 6.20 Å². The molecule has 0 aliphatic rings. The van der Waals surface area contributed by atoms with Crippen LogP contribution in [0.4, 0.5) is 0 Å². The molecule has 1 N–H and O–H groups in total. The molecular weight excluding hydrogens is 268 g/mol. The van der Waals surface area contributed by atoms with Crippen molar-refractivity contribution in [2.75, 3.05) is 40.3 Å². The maximum absolute atomic E-state index is 12.2. The summed E-state index contributed by atoms with van der Waals surface area (Å²) in [6.45, 7) is 6.40. The highest BCUT2D eigenvalue weighted by molar-refractivity contribution is 5.98. The SMILES string of the molecule is CCN(CC)C(=O)c1cc(C(=O)NCCN(C)C)ccn1. The Kier molecular flexibility index (Phi) is 6.81. The number of likely N-dealkylation sites (N-methyl/N-ethyl adjacent to an activating group) is 1. The van der Waals surface area contributed by atoms with Crippen LogP contribution in [0.3, 0.4) is 0 Å². The third kappa shape index (κ3) is 5.15. The first-order chi connectivity index (χ1) is 9.99. The summed E-state index contributed by atoms with van der Waals surface area (Å²) < 4.78 is 0. The lowest BCUT2D eigenvalue weighted by Crippen LogP contribution is -2.33. The Labute approximate surface area is 126 Å². The van der Waals surface area contributed by atoms with Crippen LogP contribution in [0.5, 0.6) is 0 Å². The van der Waals surface area contributed by atoms with Crippen molar-refractivity contribution in [3.63, 3.8) is 0 Å². The van der Waals surface area contributed by atoms with Crippen molar-refractivity contribution in [3.05, 3.63) is 29.6 Å². The van der Waals surface area contributed by atoms with Crippen molar-refractivity contribution < 1.29 is 9.59 Å². The number of pyridine rings is 1. The lowest BCUT2D eigenvalue weighted by Gasteiger charge is -2.18. The summed E-state index contributed by atoms with van der Waals surface area (Å²) in [5.41, 5.74) is 0.762. The summed E-state index contributed by atoms with van der Waals surface area (Å²) in [6, 6.07) is 3.16. The number of amides is 2. The Morgan fingerprint density at radius 2 is 1.90 bits per heavy atom. The highest BCUT2D eigenvalue weighted by Gasteiger charge is 2.15. The fraction of sp³-hybridized carbons (Fsp3) is 0.533. The van der Waals surface area contributed by atoms with Crippen LogP contribution in [-0.2, 0) is 0 Å². The van der Waals surface area contributed by atoms with E-state index in [0.717, 1.165) is 6.54 Å². The van der Waals surface area contributed by atoms with Gasteiger partial charge in [-0.3, -0.25) is 14.6 Å². The molecule has 1 aromatic rings. The van der Waals surface area contributed by atoms with Gasteiger partial charge in [-0.2, -0.15) is 0 Å². The number of carbonyl (C=O) groups is 2. The minimum Gasteiger partial charge on any atom is -0.351 e. The van der Waals surface area contributed by atoms with E-state index in [1.807, 2.05) is 32.8 Å². The molecular formula is C15H24N4O2. The van der Waals surface area contributed by atoms with Crippen molar-refractivity contribution in [1.29, 1.82) is 0 Å². The topological polar surface area (TPSA) is 65.5 Å². The van der Waals surface area contributed by atoms with Gasteiger partial charge in [0.1, 0.15) is 5.69 Å². The molecule has 1 rings (SSSR count). The zero-order valence-corrected chi connectivity index (χ0v) is 13.2. The van der Waals surface area contributed by atoms with Gasteiger partial charge in [-0.25, -0.2) is 0 Å². The predicted molar refractivity (Wildman–Crippen MR) is 82.4 cm³/mol. The molecule has 6 nitrogen and oxygen atoms in total. The summed E-state index contributed by atoms with van der Waals surface area (Å²) in [5, 5.41) is 2.82. The lowest BCUT2D eigenvalue weighted by atomic mass is 10.2. The van der Waals surface area contributed by atoms with Gasteiger partial charge in [-0.15, -0.1) is 0 Å². The van der Waals surface area contributed by atoms with E-state index in [0.29, 0.717) is 30.9 Å². The van der Waals surface area contributed by atoms with Crippen LogP contribution >= 0.6 is 0 Å². The third-order valence-electron chi connectivity index (χ3n) is 3.14. The molecule has 0 unspecified atom stereocenters. The molecule has 0 fully saturated rings. The van der Waals surface area contributed by atoms with Gasteiger partial charge in [-0.1, -0.05) is 0 Å². The Morgan fingerprint density at radius 1 is 1.24 bits per heavy atom. The normalized spacial score (nSPS) is 10.5. The maximum atomic E-state index is 12.2. The zero-order chi connectivity index (χ0) is 15.8. The highest BCUT2D eigenvalue weighted by atomic mass is 16.2. The zero-order valence-electron chi connectivity index (χ0n) is 13.2. The lowest BCUT2D eigenvalue weighted by molar-refractivity contribution is 0.0767. The van der Waals surface area contributed by atoms with Gasteiger partial charge in [0.05, 0.1) is 0 Å². The molecule has 0 atom stereocenters. The molecule has 2 amide bonds. The summed E-state index contributed by atoms with van der Waals surface area (Å²) in [4.78, 5) is 32.0. The minimum absolute atomic E-state index is 0.150. The second-order valence-corrected chi connectivity index (χ2v) is 4.97. The van der Waals surface area contributed by atoms with Crippen molar-refractivity contribution >= 4 is 11.8 Å². The molecule has 116 valence electrons. The second-order valence-electron chi connectivity index (χ2n) is 4.97. The van der Waals surface area contributed by atoms with Crippen LogP contribution in [0, 0.1) is 0 Å². The smallest absolute Gasteiger partial charge is 0.272 e. The Hall–Kier alpha value is -1.95. The first-order valence-corrected chi connectivity index (χ1v) is 7.17. The molecule has 0 spiro atoms. The van der Waals surface area contributed by atoms with E-state index in [9.17, 15) is 9.59 Å². The highest BCUT2D eigenvalue weighted by Crippen LogP contribution is 2.05. The number of hydrogen-bond donors (Lipinski definition) is 1. The van der Waals surface area contributed by atoms with Crippen molar-refractivity contribution in [3.8, 4) is 0 Å². The van der Waals surface area contributed by atoms with Crippen LogP contribution in [-0.4, -0.2) is 66.9 Å². The number of hydrogen-bond acceptors (Lipinski definition) is 4. The Balaban J connectivity index is 2.76. The first-order valence-electron chi connectivity index (χ1n) is 7.17. The summed E-state index contributed by atoms with van der Waals surface area (Å²) in [5.74, 6) is -0.337. The molecule has 0 aromatic carbocycles. The molecule has 0 saturated heterocycles. The van der Waals surface area contributed by atoms with Crippen LogP contribution in [0.1, 0.15) is 34.7 Å². The van der Waals surface area contributed by atoms with Crippen LogP contribution in [0.2, 0.25) is 0 Å². The first kappa shape index (κ1) is 17.1. The monoisotopic (exact) mass is 292 g/mol. The minimum atomic E-state index is -0.187. The standard InChI is InChI=1S/C15H24N4O2/c1-5-19(6-2)15(21)13-11-12(7-8-16-13)14(20)17-9-10-18(3)4/h7-8,11H,5-6,9-10H2,1-4H3,(H,17,20). The molecule has 6 heteroatoms. The van der Waals surface area contributed by atoms with Gasteiger partial charge in [0.2, 0.25) is 0 Å². The Bertz CT molecular complexity index is 484. The van der Waals surface area contributed by atoms with E-state index in [1.54, 1.807) is 17.0 Å². The van der Waals surface area contributed by atoms with Crippen molar-refractivity contribution in [2.45, 2.75) is 13.8 Å². The maximum Gasteiger partial charge on any atom is 0.272 e. The summed E-state index contributed by atoms with van der Waals surface area (Å²) in [6.07, 6.45) is 1.50. The van der Waals surface area contributed by atoms with Gasteiger partial charge in [-0.05, 0) is 40.1 Å². The molecule has 0 bridgehead atoms. The van der Waals surface area contributed by atoms with Crippen LogP contribution in [0.15, 0.2) is 18.3 Å². The van der Waals surface area contributed by atoms with E-state index >= 15 is 0 Å². The molecule has 1 aromatic heterocycles. The molecule has 0 saturated carbocycles. The fourth-order valence-electron chi connectivity index (χ4n) is 1.86. The van der Waals surface area contributed by atoms with Gasteiger partial charge in [0.25, 0.3) is 11.8 Å². The molecule has 1 heterocycles. The second kappa shape index (κ2) is 8.36. The fourth-order valence-corrected chi connectivity index (χ4v) is 1.86. The van der Waals surface area contributed by atoms with E-state index in [4.69, 9.17) is 0 Å². The van der Waals surface area contributed by atoms with Crippen LogP contribution in [0.25, 0.3) is 0 Å².